The molecule has 0 saturated heterocycles. The second-order valence-corrected chi connectivity index (χ2v) is 3.45. The van der Waals surface area contributed by atoms with Crippen LogP contribution < -0.4 is 0 Å². The molecule has 0 atom stereocenters. The van der Waals surface area contributed by atoms with Gasteiger partial charge in [0.1, 0.15) is 34.7 Å². The van der Waals surface area contributed by atoms with Gasteiger partial charge in [0.15, 0.2) is 6.29 Å². The highest BCUT2D eigenvalue weighted by Crippen LogP contribution is 2.27. The number of carbonyl (C=O) groups excluding carboxylic acids is 1. The minimum absolute atomic E-state index is 0.0492. The molecular formula is C11H7F3N2O. The van der Waals surface area contributed by atoms with Crippen molar-refractivity contribution in [2.45, 2.75) is 6.92 Å². The first kappa shape index (κ1) is 11.4. The molecule has 0 unspecified atom stereocenters. The number of benzene rings is 1. The van der Waals surface area contributed by atoms with Gasteiger partial charge in [-0.15, -0.1) is 0 Å². The number of nitrogens with one attached hydrogen (secondary N) is 1. The van der Waals surface area contributed by atoms with E-state index in [9.17, 15) is 18.0 Å². The van der Waals surface area contributed by atoms with Crippen LogP contribution in [0.5, 0.6) is 0 Å². The van der Waals surface area contributed by atoms with E-state index < -0.39 is 23.0 Å². The van der Waals surface area contributed by atoms with Crippen molar-refractivity contribution in [1.82, 2.24) is 9.97 Å². The highest BCUT2D eigenvalue weighted by atomic mass is 19.1. The predicted octanol–water partition coefficient (Wildman–Crippen LogP) is 2.61. The van der Waals surface area contributed by atoms with E-state index in [1.807, 2.05) is 0 Å². The van der Waals surface area contributed by atoms with Gasteiger partial charge in [0.2, 0.25) is 0 Å². The zero-order valence-electron chi connectivity index (χ0n) is 8.72. The van der Waals surface area contributed by atoms with Crippen LogP contribution in [-0.4, -0.2) is 16.3 Å². The summed E-state index contributed by atoms with van der Waals surface area (Å²) in [6.07, 6.45) is 0.400. The number of nitrogens with zero attached hydrogens (tertiary/aromatic N) is 1. The lowest BCUT2D eigenvalue weighted by Gasteiger charge is -2.02. The first-order valence-electron chi connectivity index (χ1n) is 4.69. The van der Waals surface area contributed by atoms with Crippen LogP contribution in [0.2, 0.25) is 0 Å². The number of aldehydes is 1. The molecule has 1 N–H and O–H groups in total. The minimum Gasteiger partial charge on any atom is -0.340 e. The van der Waals surface area contributed by atoms with Gasteiger partial charge in [0, 0.05) is 12.1 Å². The van der Waals surface area contributed by atoms with Crippen LogP contribution in [0.15, 0.2) is 12.1 Å². The van der Waals surface area contributed by atoms with Gasteiger partial charge in [-0.05, 0) is 6.92 Å². The monoisotopic (exact) mass is 240 g/mol. The number of hydrogen-bond acceptors (Lipinski definition) is 2. The number of hydrogen-bond donors (Lipinski definition) is 1. The highest BCUT2D eigenvalue weighted by Gasteiger charge is 2.19. The van der Waals surface area contributed by atoms with Crippen LogP contribution in [0.3, 0.4) is 0 Å². The zero-order chi connectivity index (χ0) is 12.6. The molecular weight excluding hydrogens is 233 g/mol. The molecule has 1 aromatic heterocycles. The van der Waals surface area contributed by atoms with Gasteiger partial charge in [-0.25, -0.2) is 18.2 Å². The molecule has 0 bridgehead atoms. The standard InChI is InChI=1S/C11H7F3N2O/c1-5-15-9(4-17)11(16-5)10-7(13)2-6(12)3-8(10)14/h2-4H,1H3,(H,15,16). The van der Waals surface area contributed by atoms with Gasteiger partial charge in [-0.2, -0.15) is 0 Å². The van der Waals surface area contributed by atoms with Crippen LogP contribution in [-0.2, 0) is 0 Å². The molecule has 1 heterocycles. The first-order chi connectivity index (χ1) is 8.02. The van der Waals surface area contributed by atoms with Crippen molar-refractivity contribution in [3.63, 3.8) is 0 Å². The quantitative estimate of drug-likeness (QED) is 0.820. The Morgan fingerprint density at radius 3 is 2.35 bits per heavy atom. The fraction of sp³-hybridized carbons (Fsp3) is 0.0909. The number of rotatable bonds is 2. The third-order valence-corrected chi connectivity index (χ3v) is 2.21. The number of H-pyrrole nitrogens is 1. The molecule has 6 heteroatoms. The molecule has 17 heavy (non-hydrogen) atoms. The molecule has 0 amide bonds. The zero-order valence-corrected chi connectivity index (χ0v) is 8.72. The van der Waals surface area contributed by atoms with Gasteiger partial charge in [-0.3, -0.25) is 4.79 Å². The molecule has 0 aliphatic heterocycles. The van der Waals surface area contributed by atoms with E-state index in [1.165, 1.54) is 6.92 Å². The maximum Gasteiger partial charge on any atom is 0.168 e. The second-order valence-electron chi connectivity index (χ2n) is 3.45. The Labute approximate surface area is 94.3 Å². The maximum absolute atomic E-state index is 13.5. The molecule has 3 nitrogen and oxygen atoms in total. The van der Waals surface area contributed by atoms with Crippen molar-refractivity contribution in [3.8, 4) is 11.3 Å². The lowest BCUT2D eigenvalue weighted by molar-refractivity contribution is 0.112. The number of carbonyl (C=O) groups is 1. The average molecular weight is 240 g/mol. The summed E-state index contributed by atoms with van der Waals surface area (Å²) in [7, 11) is 0. The third-order valence-electron chi connectivity index (χ3n) is 2.21. The Balaban J connectivity index is 2.72. The number of halogens is 3. The molecule has 0 aliphatic rings. The molecule has 0 fully saturated rings. The van der Waals surface area contributed by atoms with Crippen molar-refractivity contribution in [3.05, 3.63) is 41.1 Å². The molecule has 0 saturated carbocycles. The summed E-state index contributed by atoms with van der Waals surface area (Å²) in [5.74, 6) is -2.89. The Morgan fingerprint density at radius 2 is 1.82 bits per heavy atom. The normalized spacial score (nSPS) is 10.6. The van der Waals surface area contributed by atoms with E-state index in [4.69, 9.17) is 0 Å². The summed E-state index contributed by atoms with van der Waals surface area (Å²) >= 11 is 0. The topological polar surface area (TPSA) is 45.8 Å². The Morgan fingerprint density at radius 1 is 1.24 bits per heavy atom. The molecule has 1 aromatic carbocycles. The number of imidazole rings is 1. The van der Waals surface area contributed by atoms with E-state index in [1.54, 1.807) is 0 Å². The van der Waals surface area contributed by atoms with Gasteiger partial charge in [0.05, 0.1) is 5.56 Å². The number of aryl methyl sites for hydroxylation is 1. The summed E-state index contributed by atoms with van der Waals surface area (Å²) < 4.78 is 39.7. The largest absolute Gasteiger partial charge is 0.340 e. The van der Waals surface area contributed by atoms with Crippen molar-refractivity contribution >= 4 is 6.29 Å². The molecule has 0 aliphatic carbocycles. The minimum atomic E-state index is -1.10. The number of aromatic nitrogens is 2. The van der Waals surface area contributed by atoms with Gasteiger partial charge in [-0.1, -0.05) is 0 Å². The van der Waals surface area contributed by atoms with Crippen molar-refractivity contribution < 1.29 is 18.0 Å². The fourth-order valence-corrected chi connectivity index (χ4v) is 1.55. The Bertz CT molecular complexity index is 569. The van der Waals surface area contributed by atoms with Crippen LogP contribution in [0.4, 0.5) is 13.2 Å². The number of aromatic amines is 1. The van der Waals surface area contributed by atoms with Crippen molar-refractivity contribution in [2.75, 3.05) is 0 Å². The fourth-order valence-electron chi connectivity index (χ4n) is 1.55. The van der Waals surface area contributed by atoms with E-state index in [0.717, 1.165) is 0 Å². The van der Waals surface area contributed by atoms with E-state index >= 15 is 0 Å². The summed E-state index contributed by atoms with van der Waals surface area (Å²) in [6.45, 7) is 1.54. The average Bonchev–Trinajstić information content (AvgIpc) is 2.58. The van der Waals surface area contributed by atoms with Crippen LogP contribution >= 0.6 is 0 Å². The summed E-state index contributed by atoms with van der Waals surface area (Å²) in [5.41, 5.74) is -0.725. The maximum atomic E-state index is 13.5. The van der Waals surface area contributed by atoms with Crippen LogP contribution in [0, 0.1) is 24.4 Å². The van der Waals surface area contributed by atoms with E-state index in [2.05, 4.69) is 9.97 Å². The predicted molar refractivity (Wildman–Crippen MR) is 54.0 cm³/mol. The van der Waals surface area contributed by atoms with Crippen LogP contribution in [0.25, 0.3) is 11.3 Å². The van der Waals surface area contributed by atoms with Crippen LogP contribution in [0.1, 0.15) is 16.3 Å². The van der Waals surface area contributed by atoms with Gasteiger partial charge < -0.3 is 4.98 Å². The Hall–Kier alpha value is -2.11. The lowest BCUT2D eigenvalue weighted by Crippen LogP contribution is -1.95. The van der Waals surface area contributed by atoms with E-state index in [-0.39, 0.29) is 11.4 Å². The SMILES string of the molecule is Cc1nc(-c2c(F)cc(F)cc2F)c(C=O)[nH]1. The summed E-state index contributed by atoms with van der Waals surface area (Å²) in [5, 5.41) is 0. The molecule has 0 spiro atoms. The summed E-state index contributed by atoms with van der Waals surface area (Å²) in [4.78, 5) is 17.1. The second kappa shape index (κ2) is 4.04. The van der Waals surface area contributed by atoms with E-state index in [0.29, 0.717) is 24.2 Å². The summed E-state index contributed by atoms with van der Waals surface area (Å²) in [6, 6.07) is 1.08. The Kier molecular flexibility index (Phi) is 2.71. The third kappa shape index (κ3) is 1.93. The molecule has 0 radical (unpaired) electrons. The highest BCUT2D eigenvalue weighted by molar-refractivity contribution is 5.83. The smallest absolute Gasteiger partial charge is 0.168 e. The molecule has 88 valence electrons. The van der Waals surface area contributed by atoms with Crippen molar-refractivity contribution in [2.24, 2.45) is 0 Å². The first-order valence-corrected chi connectivity index (χ1v) is 4.69. The lowest BCUT2D eigenvalue weighted by atomic mass is 10.1. The molecule has 2 aromatic rings. The van der Waals surface area contributed by atoms with Crippen molar-refractivity contribution in [1.29, 1.82) is 0 Å². The van der Waals surface area contributed by atoms with Gasteiger partial charge in [0.25, 0.3) is 0 Å². The molecule has 2 rings (SSSR count). The van der Waals surface area contributed by atoms with Gasteiger partial charge >= 0.3 is 0 Å².